The topological polar surface area (TPSA) is 101 Å². The lowest BCUT2D eigenvalue weighted by Gasteiger charge is -2.18. The van der Waals surface area contributed by atoms with Crippen molar-refractivity contribution < 1.29 is 19.5 Å². The summed E-state index contributed by atoms with van der Waals surface area (Å²) < 4.78 is 0. The summed E-state index contributed by atoms with van der Waals surface area (Å²) in [6.07, 6.45) is 0.622. The number of carbonyl (C=O) groups excluding carboxylic acids is 2. The number of imide groups is 1. The van der Waals surface area contributed by atoms with Gasteiger partial charge in [0.1, 0.15) is 6.04 Å². The summed E-state index contributed by atoms with van der Waals surface area (Å²) in [5.74, 6) is -2.12. The fourth-order valence-corrected chi connectivity index (χ4v) is 1.70. The van der Waals surface area contributed by atoms with Gasteiger partial charge in [0.05, 0.1) is 18.4 Å². The SMILES string of the molecule is NC(CN1C(=O)C2CC2C1=O)C(=O)O. The minimum Gasteiger partial charge on any atom is -0.480 e. The van der Waals surface area contributed by atoms with Crippen LogP contribution in [0.1, 0.15) is 6.42 Å². The Morgan fingerprint density at radius 3 is 2.43 bits per heavy atom. The monoisotopic (exact) mass is 198 g/mol. The van der Waals surface area contributed by atoms with Gasteiger partial charge in [-0.2, -0.15) is 0 Å². The quantitative estimate of drug-likeness (QED) is 0.532. The number of hydrogen-bond donors (Lipinski definition) is 2. The van der Waals surface area contributed by atoms with Gasteiger partial charge in [-0.25, -0.2) is 0 Å². The highest BCUT2D eigenvalue weighted by Crippen LogP contribution is 2.46. The van der Waals surface area contributed by atoms with E-state index in [-0.39, 0.29) is 30.2 Å². The molecule has 0 spiro atoms. The molecule has 0 aromatic heterocycles. The Hall–Kier alpha value is -1.43. The second kappa shape index (κ2) is 2.78. The van der Waals surface area contributed by atoms with Gasteiger partial charge >= 0.3 is 5.97 Å². The van der Waals surface area contributed by atoms with Crippen molar-refractivity contribution in [1.29, 1.82) is 0 Å². The summed E-state index contributed by atoms with van der Waals surface area (Å²) in [5, 5.41) is 8.52. The van der Waals surface area contributed by atoms with Gasteiger partial charge in [-0.05, 0) is 6.42 Å². The standard InChI is InChI=1S/C8H10N2O4/c9-5(8(13)14)2-10-6(11)3-1-4(3)7(10)12/h3-5H,1-2,9H2,(H,13,14). The van der Waals surface area contributed by atoms with Crippen molar-refractivity contribution in [3.63, 3.8) is 0 Å². The number of piperidine rings is 1. The summed E-state index contributed by atoms with van der Waals surface area (Å²) in [4.78, 5) is 34.1. The number of carbonyl (C=O) groups is 3. The molecule has 2 aliphatic rings. The summed E-state index contributed by atoms with van der Waals surface area (Å²) in [5.41, 5.74) is 5.24. The molecule has 0 radical (unpaired) electrons. The number of rotatable bonds is 3. The predicted octanol–water partition coefficient (Wildman–Crippen LogP) is -1.60. The van der Waals surface area contributed by atoms with Gasteiger partial charge in [-0.15, -0.1) is 0 Å². The Balaban J connectivity index is 2.02. The molecule has 2 rings (SSSR count). The number of likely N-dealkylation sites (tertiary alicyclic amines) is 1. The van der Waals surface area contributed by atoms with Crippen LogP contribution in [0.4, 0.5) is 0 Å². The van der Waals surface area contributed by atoms with E-state index in [0.717, 1.165) is 4.90 Å². The van der Waals surface area contributed by atoms with Crippen LogP contribution in [0.3, 0.4) is 0 Å². The molecule has 3 N–H and O–H groups in total. The van der Waals surface area contributed by atoms with Gasteiger partial charge in [0, 0.05) is 0 Å². The van der Waals surface area contributed by atoms with Gasteiger partial charge in [0.25, 0.3) is 0 Å². The van der Waals surface area contributed by atoms with Crippen molar-refractivity contribution in [3.05, 3.63) is 0 Å². The first-order chi connectivity index (χ1) is 6.52. The first-order valence-electron chi connectivity index (χ1n) is 4.36. The van der Waals surface area contributed by atoms with E-state index in [9.17, 15) is 14.4 Å². The molecule has 1 heterocycles. The maximum atomic E-state index is 11.4. The van der Waals surface area contributed by atoms with Crippen LogP contribution in [0, 0.1) is 11.8 Å². The molecular weight excluding hydrogens is 188 g/mol. The molecule has 1 aliphatic carbocycles. The van der Waals surface area contributed by atoms with Crippen molar-refractivity contribution in [2.24, 2.45) is 17.6 Å². The Bertz CT molecular complexity index is 307. The van der Waals surface area contributed by atoms with Gasteiger partial charge in [-0.1, -0.05) is 0 Å². The smallest absolute Gasteiger partial charge is 0.322 e. The van der Waals surface area contributed by atoms with E-state index in [4.69, 9.17) is 10.8 Å². The molecule has 1 aliphatic heterocycles. The number of aliphatic carboxylic acids is 1. The zero-order chi connectivity index (χ0) is 10.5. The van der Waals surface area contributed by atoms with Crippen LogP contribution in [0.15, 0.2) is 0 Å². The van der Waals surface area contributed by atoms with Gasteiger partial charge in [-0.3, -0.25) is 19.3 Å². The lowest BCUT2D eigenvalue weighted by Crippen LogP contribution is -2.46. The number of carboxylic acids is 1. The number of fused-ring (bicyclic) bond motifs is 1. The van der Waals surface area contributed by atoms with Crippen LogP contribution in [0.2, 0.25) is 0 Å². The second-order valence-corrected chi connectivity index (χ2v) is 3.68. The third kappa shape index (κ3) is 1.19. The number of nitrogens with zero attached hydrogens (tertiary/aromatic N) is 1. The van der Waals surface area contributed by atoms with Gasteiger partial charge in [0.2, 0.25) is 11.8 Å². The van der Waals surface area contributed by atoms with E-state index in [2.05, 4.69) is 0 Å². The summed E-state index contributed by atoms with van der Waals surface area (Å²) >= 11 is 0. The second-order valence-electron chi connectivity index (χ2n) is 3.68. The lowest BCUT2D eigenvalue weighted by molar-refractivity contribution is -0.144. The number of carboxylic acid groups (broad SMARTS) is 1. The van der Waals surface area contributed by atoms with Crippen LogP contribution < -0.4 is 5.73 Å². The first-order valence-corrected chi connectivity index (χ1v) is 4.36. The number of amides is 2. The fourth-order valence-electron chi connectivity index (χ4n) is 1.70. The van der Waals surface area contributed by atoms with E-state index < -0.39 is 12.0 Å². The van der Waals surface area contributed by atoms with Crippen molar-refractivity contribution in [2.75, 3.05) is 6.54 Å². The van der Waals surface area contributed by atoms with Crippen LogP contribution in [0.25, 0.3) is 0 Å². The molecule has 3 unspecified atom stereocenters. The normalized spacial score (nSPS) is 31.6. The highest BCUT2D eigenvalue weighted by Gasteiger charge is 2.58. The highest BCUT2D eigenvalue weighted by molar-refractivity contribution is 6.09. The first kappa shape index (κ1) is 9.14. The van der Waals surface area contributed by atoms with Crippen LogP contribution in [0.5, 0.6) is 0 Å². The van der Waals surface area contributed by atoms with Crippen molar-refractivity contribution in [2.45, 2.75) is 12.5 Å². The van der Waals surface area contributed by atoms with E-state index in [1.807, 2.05) is 0 Å². The molecule has 0 aromatic carbocycles. The number of hydrogen-bond acceptors (Lipinski definition) is 4. The van der Waals surface area contributed by atoms with Crippen LogP contribution in [-0.2, 0) is 14.4 Å². The Morgan fingerprint density at radius 2 is 2.00 bits per heavy atom. The molecule has 0 aromatic rings. The Morgan fingerprint density at radius 1 is 1.50 bits per heavy atom. The molecule has 76 valence electrons. The zero-order valence-corrected chi connectivity index (χ0v) is 7.34. The third-order valence-electron chi connectivity index (χ3n) is 2.65. The lowest BCUT2D eigenvalue weighted by atomic mass is 10.3. The van der Waals surface area contributed by atoms with E-state index in [1.54, 1.807) is 0 Å². The van der Waals surface area contributed by atoms with Crippen molar-refractivity contribution in [1.82, 2.24) is 4.90 Å². The molecule has 6 nitrogen and oxygen atoms in total. The molecular formula is C8H10N2O4. The van der Waals surface area contributed by atoms with Crippen LogP contribution >= 0.6 is 0 Å². The van der Waals surface area contributed by atoms with Gasteiger partial charge < -0.3 is 10.8 Å². The average molecular weight is 198 g/mol. The summed E-state index contributed by atoms with van der Waals surface area (Å²) in [6, 6.07) is -1.18. The molecule has 1 saturated carbocycles. The van der Waals surface area contributed by atoms with Crippen molar-refractivity contribution in [3.8, 4) is 0 Å². The maximum Gasteiger partial charge on any atom is 0.322 e. The van der Waals surface area contributed by atoms with Crippen LogP contribution in [-0.4, -0.2) is 40.4 Å². The van der Waals surface area contributed by atoms with E-state index >= 15 is 0 Å². The highest BCUT2D eigenvalue weighted by atomic mass is 16.4. The van der Waals surface area contributed by atoms with Crippen molar-refractivity contribution >= 4 is 17.8 Å². The number of nitrogens with two attached hydrogens (primary N) is 1. The fraction of sp³-hybridized carbons (Fsp3) is 0.625. The van der Waals surface area contributed by atoms with E-state index in [1.165, 1.54) is 0 Å². The molecule has 14 heavy (non-hydrogen) atoms. The zero-order valence-electron chi connectivity index (χ0n) is 7.34. The van der Waals surface area contributed by atoms with E-state index in [0.29, 0.717) is 6.42 Å². The summed E-state index contributed by atoms with van der Waals surface area (Å²) in [7, 11) is 0. The molecule has 2 amide bonds. The summed E-state index contributed by atoms with van der Waals surface area (Å²) in [6.45, 7) is -0.208. The minimum atomic E-state index is -1.20. The average Bonchev–Trinajstić information content (AvgIpc) is 2.86. The molecule has 6 heteroatoms. The molecule has 3 atom stereocenters. The Kier molecular flexibility index (Phi) is 1.81. The molecule has 0 bridgehead atoms. The maximum absolute atomic E-state index is 11.4. The largest absolute Gasteiger partial charge is 0.480 e. The minimum absolute atomic E-state index is 0.191. The molecule has 2 fully saturated rings. The van der Waals surface area contributed by atoms with Gasteiger partial charge in [0.15, 0.2) is 0 Å². The molecule has 1 saturated heterocycles. The third-order valence-corrected chi connectivity index (χ3v) is 2.65. The predicted molar refractivity (Wildman–Crippen MR) is 43.9 cm³/mol. The Labute approximate surface area is 79.7 Å².